The molecule has 0 atom stereocenters. The van der Waals surface area contributed by atoms with Gasteiger partial charge in [0.25, 0.3) is 5.69 Å². The Kier molecular flexibility index (Phi) is 8.03. The van der Waals surface area contributed by atoms with E-state index in [9.17, 15) is 31.7 Å². The Labute approximate surface area is 256 Å². The Balaban J connectivity index is 1.29. The zero-order valence-electron chi connectivity index (χ0n) is 23.6. The zero-order valence-corrected chi connectivity index (χ0v) is 24.4. The molecule has 3 heterocycles. The number of benzene rings is 3. The lowest BCUT2D eigenvalue weighted by Crippen LogP contribution is -2.48. The summed E-state index contributed by atoms with van der Waals surface area (Å²) in [6.07, 6.45) is -3.07. The van der Waals surface area contributed by atoms with Gasteiger partial charge in [-0.25, -0.2) is 13.4 Å². The van der Waals surface area contributed by atoms with E-state index in [2.05, 4.69) is 4.74 Å². The van der Waals surface area contributed by atoms with E-state index in [1.165, 1.54) is 24.3 Å². The molecule has 6 rings (SSSR count). The predicted octanol–water partition coefficient (Wildman–Crippen LogP) is 5.98. The Morgan fingerprint density at radius 2 is 1.47 bits per heavy atom. The maximum Gasteiger partial charge on any atom is 0.573 e. The number of pyridine rings is 1. The van der Waals surface area contributed by atoms with Crippen LogP contribution >= 0.6 is 0 Å². The summed E-state index contributed by atoms with van der Waals surface area (Å²) in [4.78, 5) is 17.1. The van der Waals surface area contributed by atoms with E-state index >= 15 is 0 Å². The summed E-state index contributed by atoms with van der Waals surface area (Å²) in [6, 6.07) is 24.5. The van der Waals surface area contributed by atoms with E-state index in [0.29, 0.717) is 36.5 Å². The molecule has 0 amide bonds. The zero-order chi connectivity index (χ0) is 31.8. The maximum absolute atomic E-state index is 13.4. The highest BCUT2D eigenvalue weighted by Crippen LogP contribution is 2.33. The molecular formula is C31H26F3N5O5S. The second-order valence-corrected chi connectivity index (χ2v) is 12.3. The van der Waals surface area contributed by atoms with Crippen molar-refractivity contribution in [3.05, 3.63) is 113 Å². The van der Waals surface area contributed by atoms with E-state index in [0.717, 1.165) is 33.3 Å². The van der Waals surface area contributed by atoms with Crippen LogP contribution in [-0.4, -0.2) is 64.5 Å². The number of nitro groups is 1. The van der Waals surface area contributed by atoms with Crippen molar-refractivity contribution in [3.8, 4) is 28.1 Å². The molecule has 10 nitrogen and oxygen atoms in total. The number of nitrogens with zero attached hydrogens (tertiary/aromatic N) is 5. The summed E-state index contributed by atoms with van der Waals surface area (Å²) in [5.74, 6) is -0.778. The molecule has 5 aromatic rings. The maximum atomic E-state index is 13.4. The molecule has 3 aromatic carbocycles. The number of nitro benzene ring substituents is 1. The number of fused-ring (bicyclic) bond motifs is 1. The van der Waals surface area contributed by atoms with Crippen LogP contribution in [0.15, 0.2) is 102 Å². The number of ether oxygens (including phenoxy) is 1. The van der Waals surface area contributed by atoms with Crippen molar-refractivity contribution >= 4 is 21.4 Å². The van der Waals surface area contributed by atoms with E-state index in [1.54, 1.807) is 12.1 Å². The Hall–Kier alpha value is -4.79. The number of alkyl halides is 3. The first-order valence-electron chi connectivity index (χ1n) is 13.9. The summed E-state index contributed by atoms with van der Waals surface area (Å²) in [5, 5.41) is 11.2. The highest BCUT2D eigenvalue weighted by Gasteiger charge is 2.36. The minimum atomic E-state index is -5.04. The first-order chi connectivity index (χ1) is 21.5. The average Bonchev–Trinajstić information content (AvgIpc) is 3.38. The lowest BCUT2D eigenvalue weighted by molar-refractivity contribution is -0.384. The third-order valence-corrected chi connectivity index (χ3v) is 9.51. The van der Waals surface area contributed by atoms with Crippen molar-refractivity contribution in [1.82, 2.24) is 18.6 Å². The number of hydrogen-bond acceptors (Lipinski definition) is 7. The van der Waals surface area contributed by atoms with Gasteiger partial charge in [-0.05, 0) is 47.5 Å². The number of piperazine rings is 1. The molecule has 1 aliphatic heterocycles. The van der Waals surface area contributed by atoms with Crippen LogP contribution in [0.25, 0.3) is 28.0 Å². The van der Waals surface area contributed by atoms with Gasteiger partial charge in [0.05, 0.1) is 16.3 Å². The van der Waals surface area contributed by atoms with Crippen LogP contribution in [0, 0.1) is 10.1 Å². The van der Waals surface area contributed by atoms with Crippen LogP contribution < -0.4 is 4.74 Å². The smallest absolute Gasteiger partial charge is 0.404 e. The molecule has 0 radical (unpaired) electrons. The van der Waals surface area contributed by atoms with Gasteiger partial charge in [-0.2, -0.15) is 4.31 Å². The van der Waals surface area contributed by atoms with E-state index in [1.807, 2.05) is 58.0 Å². The van der Waals surface area contributed by atoms with Gasteiger partial charge in [-0.15, -0.1) is 13.2 Å². The molecule has 0 spiro atoms. The number of para-hydroxylation sites is 1. The van der Waals surface area contributed by atoms with E-state index in [4.69, 9.17) is 4.98 Å². The highest BCUT2D eigenvalue weighted by molar-refractivity contribution is 7.89. The van der Waals surface area contributed by atoms with Crippen molar-refractivity contribution in [2.24, 2.45) is 0 Å². The van der Waals surface area contributed by atoms with Crippen molar-refractivity contribution < 1.29 is 31.2 Å². The van der Waals surface area contributed by atoms with Crippen molar-refractivity contribution in [3.63, 3.8) is 0 Å². The molecule has 0 bridgehead atoms. The van der Waals surface area contributed by atoms with Crippen LogP contribution in [-0.2, 0) is 16.6 Å². The first kappa shape index (κ1) is 30.2. The number of hydrogen-bond donors (Lipinski definition) is 0. The van der Waals surface area contributed by atoms with Crippen LogP contribution in [0.1, 0.15) is 5.69 Å². The Bertz CT molecular complexity index is 1960. The fourth-order valence-electron chi connectivity index (χ4n) is 5.37. The first-order valence-corrected chi connectivity index (χ1v) is 15.3. The number of non-ortho nitro benzene ring substituents is 1. The second kappa shape index (κ2) is 12.0. The summed E-state index contributed by atoms with van der Waals surface area (Å²) < 4.78 is 72.7. The Morgan fingerprint density at radius 1 is 0.822 bits per heavy atom. The third-order valence-electron chi connectivity index (χ3n) is 7.57. The number of aromatic nitrogens is 2. The SMILES string of the molecule is O=[N+]([O-])c1ccc(-c2nc3ccc(-c4ccccc4)cn3c2CN2CCN(S(=O)(=O)c3ccccc3OC(F)(F)F)CC2)cc1. The fraction of sp³-hybridized carbons (Fsp3) is 0.194. The van der Waals surface area contributed by atoms with Gasteiger partial charge in [0, 0.05) is 56.6 Å². The molecule has 2 aromatic heterocycles. The van der Waals surface area contributed by atoms with Gasteiger partial charge in [-0.3, -0.25) is 15.0 Å². The molecule has 0 aliphatic carbocycles. The molecule has 0 N–H and O–H groups in total. The van der Waals surface area contributed by atoms with Crippen molar-refractivity contribution in [2.45, 2.75) is 17.8 Å². The third kappa shape index (κ3) is 6.38. The minimum Gasteiger partial charge on any atom is -0.404 e. The summed E-state index contributed by atoms with van der Waals surface area (Å²) in [6.45, 7) is 1.05. The average molecular weight is 638 g/mol. The van der Waals surface area contributed by atoms with Crippen molar-refractivity contribution in [2.75, 3.05) is 26.2 Å². The van der Waals surface area contributed by atoms with Crippen molar-refractivity contribution in [1.29, 1.82) is 0 Å². The molecule has 0 unspecified atom stereocenters. The summed E-state index contributed by atoms with van der Waals surface area (Å²) in [5.41, 5.74) is 4.69. The molecule has 1 aliphatic rings. The number of halogens is 3. The van der Waals surface area contributed by atoms with Crippen LogP contribution in [0.5, 0.6) is 5.75 Å². The largest absolute Gasteiger partial charge is 0.573 e. The quantitative estimate of drug-likeness (QED) is 0.152. The van der Waals surface area contributed by atoms with Gasteiger partial charge in [0.15, 0.2) is 0 Å². The van der Waals surface area contributed by atoms with E-state index in [-0.39, 0.29) is 18.8 Å². The van der Waals surface area contributed by atoms with Gasteiger partial charge in [0.1, 0.15) is 16.3 Å². The number of rotatable bonds is 8. The Morgan fingerprint density at radius 3 is 2.13 bits per heavy atom. The molecule has 0 saturated carbocycles. The van der Waals surface area contributed by atoms with Crippen LogP contribution in [0.2, 0.25) is 0 Å². The molecule has 232 valence electrons. The molecule has 1 fully saturated rings. The predicted molar refractivity (Wildman–Crippen MR) is 160 cm³/mol. The van der Waals surface area contributed by atoms with Gasteiger partial charge < -0.3 is 9.14 Å². The number of sulfonamides is 1. The summed E-state index contributed by atoms with van der Waals surface area (Å²) >= 11 is 0. The minimum absolute atomic E-state index is 0.0432. The van der Waals surface area contributed by atoms with E-state index < -0.39 is 32.0 Å². The lowest BCUT2D eigenvalue weighted by Gasteiger charge is -2.34. The van der Waals surface area contributed by atoms with Gasteiger partial charge in [-0.1, -0.05) is 42.5 Å². The second-order valence-electron chi connectivity index (χ2n) is 10.4. The molecular weight excluding hydrogens is 611 g/mol. The molecule has 14 heteroatoms. The lowest BCUT2D eigenvalue weighted by atomic mass is 10.1. The molecule has 45 heavy (non-hydrogen) atoms. The van der Waals surface area contributed by atoms with Crippen LogP contribution in [0.4, 0.5) is 18.9 Å². The summed E-state index contributed by atoms with van der Waals surface area (Å²) in [7, 11) is -4.27. The topological polar surface area (TPSA) is 110 Å². The molecule has 1 saturated heterocycles. The van der Waals surface area contributed by atoms with Gasteiger partial charge >= 0.3 is 6.36 Å². The highest BCUT2D eigenvalue weighted by atomic mass is 32.2. The van der Waals surface area contributed by atoms with Gasteiger partial charge in [0.2, 0.25) is 10.0 Å². The normalized spacial score (nSPS) is 14.9. The standard InChI is InChI=1S/C31H26F3N5O5S/c32-31(33,34)44-27-8-4-5-9-28(27)45(42,43)37-18-16-36(17-19-37)21-26-30(23-10-13-25(14-11-23)39(40)41)35-29-15-12-24(20-38(26)29)22-6-2-1-3-7-22/h1-15,20H,16-19,21H2. The fourth-order valence-corrected chi connectivity index (χ4v) is 6.91. The number of imidazole rings is 1. The monoisotopic (exact) mass is 637 g/mol. The van der Waals surface area contributed by atoms with Crippen LogP contribution in [0.3, 0.4) is 0 Å².